The van der Waals surface area contributed by atoms with E-state index in [9.17, 15) is 29.7 Å². The second kappa shape index (κ2) is 5.26. The van der Waals surface area contributed by atoms with E-state index in [4.69, 9.17) is 14.7 Å². The van der Waals surface area contributed by atoms with E-state index in [-0.39, 0.29) is 5.06 Å². The first kappa shape index (κ1) is 14.6. The molecule has 0 saturated carbocycles. The summed E-state index contributed by atoms with van der Waals surface area (Å²) in [5, 5.41) is 37.6. The highest BCUT2D eigenvalue weighted by atomic mass is 16.8. The van der Waals surface area contributed by atoms with E-state index >= 15 is 0 Å². The molecule has 2 aliphatic rings. The highest BCUT2D eigenvalue weighted by Crippen LogP contribution is 2.24. The highest BCUT2D eigenvalue weighted by Gasteiger charge is 2.49. The SMILES string of the molecule is O=C(O)[C@H]1OC(ON2C(=O)C=CC2=O)[C@H](O)[C@@H](O)[C@@H]1O. The van der Waals surface area contributed by atoms with Gasteiger partial charge in [-0.05, 0) is 0 Å². The Balaban J connectivity index is 2.12. The fraction of sp³-hybridized carbons (Fsp3) is 0.500. The predicted octanol–water partition coefficient (Wildman–Crippen LogP) is -3.26. The van der Waals surface area contributed by atoms with Gasteiger partial charge in [-0.25, -0.2) is 9.63 Å². The number of carboxylic acid groups (broad SMARTS) is 1. The van der Waals surface area contributed by atoms with Crippen LogP contribution in [0.4, 0.5) is 0 Å². The molecule has 2 amide bonds. The number of carboxylic acids is 1. The van der Waals surface area contributed by atoms with Gasteiger partial charge in [-0.1, -0.05) is 0 Å². The number of carbonyl (C=O) groups excluding carboxylic acids is 2. The second-order valence-corrected chi connectivity index (χ2v) is 4.14. The number of hydroxylamine groups is 2. The summed E-state index contributed by atoms with van der Waals surface area (Å²) in [5.74, 6) is -3.30. The molecule has 0 aromatic carbocycles. The molecule has 0 bridgehead atoms. The Morgan fingerprint density at radius 3 is 2.15 bits per heavy atom. The molecule has 20 heavy (non-hydrogen) atoms. The molecule has 0 radical (unpaired) electrons. The summed E-state index contributed by atoms with van der Waals surface area (Å²) < 4.78 is 4.75. The number of imide groups is 1. The number of ether oxygens (including phenoxy) is 1. The van der Waals surface area contributed by atoms with E-state index in [1.165, 1.54) is 0 Å². The molecule has 4 N–H and O–H groups in total. The Bertz CT molecular complexity index is 457. The maximum absolute atomic E-state index is 11.3. The van der Waals surface area contributed by atoms with E-state index in [1.807, 2.05) is 0 Å². The molecule has 1 fully saturated rings. The topological polar surface area (TPSA) is 154 Å². The van der Waals surface area contributed by atoms with Gasteiger partial charge in [-0.15, -0.1) is 5.06 Å². The Labute approximate surface area is 111 Å². The molecule has 5 atom stereocenters. The van der Waals surface area contributed by atoms with Crippen molar-refractivity contribution in [3.8, 4) is 0 Å². The van der Waals surface area contributed by atoms with Gasteiger partial charge < -0.3 is 25.2 Å². The number of aliphatic carboxylic acids is 1. The molecule has 10 heteroatoms. The van der Waals surface area contributed by atoms with Crippen LogP contribution in [0, 0.1) is 0 Å². The van der Waals surface area contributed by atoms with Crippen LogP contribution in [0.1, 0.15) is 0 Å². The van der Waals surface area contributed by atoms with Crippen molar-refractivity contribution in [2.45, 2.75) is 30.7 Å². The summed E-state index contributed by atoms with van der Waals surface area (Å²) in [6.45, 7) is 0. The number of rotatable bonds is 3. The molecule has 1 unspecified atom stereocenters. The van der Waals surface area contributed by atoms with Crippen LogP contribution < -0.4 is 0 Å². The normalized spacial score (nSPS) is 37.5. The molecule has 0 aliphatic carbocycles. The average Bonchev–Trinajstić information content (AvgIpc) is 2.70. The van der Waals surface area contributed by atoms with Crippen LogP contribution >= 0.6 is 0 Å². The Morgan fingerprint density at radius 2 is 1.65 bits per heavy atom. The smallest absolute Gasteiger partial charge is 0.335 e. The van der Waals surface area contributed by atoms with Gasteiger partial charge in [0.05, 0.1) is 0 Å². The largest absolute Gasteiger partial charge is 0.479 e. The third-order valence-corrected chi connectivity index (χ3v) is 2.79. The molecule has 2 heterocycles. The summed E-state index contributed by atoms with van der Waals surface area (Å²) in [6.07, 6.45) is -7.49. The summed E-state index contributed by atoms with van der Waals surface area (Å²) >= 11 is 0. The van der Waals surface area contributed by atoms with E-state index in [1.54, 1.807) is 0 Å². The zero-order chi connectivity index (χ0) is 15.0. The quantitative estimate of drug-likeness (QED) is 0.392. The lowest BCUT2D eigenvalue weighted by Crippen LogP contribution is -2.61. The number of hydrogen-bond acceptors (Lipinski definition) is 8. The number of amides is 2. The standard InChI is InChI=1S/C10H11NO9/c12-3-1-2-4(13)11(3)20-10-7(16)5(14)6(15)8(19-10)9(17)18/h1-2,5-8,10,14-16H,(H,17,18)/t5-,6-,7+,8-,10?/m0/s1. The van der Waals surface area contributed by atoms with E-state index in [2.05, 4.69) is 0 Å². The highest BCUT2D eigenvalue weighted by molar-refractivity contribution is 6.11. The van der Waals surface area contributed by atoms with Gasteiger partial charge in [0.2, 0.25) is 6.29 Å². The molecule has 10 nitrogen and oxygen atoms in total. The van der Waals surface area contributed by atoms with Crippen molar-refractivity contribution in [3.63, 3.8) is 0 Å². The minimum Gasteiger partial charge on any atom is -0.479 e. The van der Waals surface area contributed by atoms with Crippen molar-refractivity contribution >= 4 is 17.8 Å². The van der Waals surface area contributed by atoms with Crippen molar-refractivity contribution in [1.29, 1.82) is 0 Å². The first-order chi connectivity index (χ1) is 9.32. The number of carbonyl (C=O) groups is 3. The fourth-order valence-corrected chi connectivity index (χ4v) is 1.73. The monoisotopic (exact) mass is 289 g/mol. The summed E-state index contributed by atoms with van der Waals surface area (Å²) in [7, 11) is 0. The van der Waals surface area contributed by atoms with E-state index in [0.717, 1.165) is 12.2 Å². The van der Waals surface area contributed by atoms with Crippen LogP contribution in [0.5, 0.6) is 0 Å². The molecular formula is C10H11NO9. The Hall–Kier alpha value is -1.85. The molecule has 0 aromatic rings. The molecule has 1 saturated heterocycles. The molecule has 110 valence electrons. The minimum absolute atomic E-state index is 0.247. The number of nitrogens with zero attached hydrogens (tertiary/aromatic N) is 1. The average molecular weight is 289 g/mol. The Morgan fingerprint density at radius 1 is 1.10 bits per heavy atom. The van der Waals surface area contributed by atoms with E-state index in [0.29, 0.717) is 0 Å². The van der Waals surface area contributed by atoms with Crippen molar-refractivity contribution in [2.24, 2.45) is 0 Å². The van der Waals surface area contributed by atoms with E-state index < -0.39 is 48.5 Å². The van der Waals surface area contributed by atoms with Crippen LogP contribution in [-0.4, -0.2) is 74.0 Å². The lowest BCUT2D eigenvalue weighted by atomic mass is 9.99. The van der Waals surface area contributed by atoms with Crippen molar-refractivity contribution in [3.05, 3.63) is 12.2 Å². The summed E-state index contributed by atoms with van der Waals surface area (Å²) in [6, 6.07) is 0. The Kier molecular flexibility index (Phi) is 3.83. The molecule has 0 spiro atoms. The summed E-state index contributed by atoms with van der Waals surface area (Å²) in [4.78, 5) is 38.1. The molecule has 0 aromatic heterocycles. The van der Waals surface area contributed by atoms with Gasteiger partial charge in [0.25, 0.3) is 11.8 Å². The van der Waals surface area contributed by atoms with Gasteiger partial charge in [0.15, 0.2) is 6.10 Å². The van der Waals surface area contributed by atoms with Crippen LogP contribution in [0.3, 0.4) is 0 Å². The molecule has 2 aliphatic heterocycles. The van der Waals surface area contributed by atoms with Gasteiger partial charge >= 0.3 is 5.97 Å². The third-order valence-electron chi connectivity index (χ3n) is 2.79. The van der Waals surface area contributed by atoms with Gasteiger partial charge in [0.1, 0.15) is 18.3 Å². The van der Waals surface area contributed by atoms with Crippen LogP contribution in [-0.2, 0) is 24.0 Å². The lowest BCUT2D eigenvalue weighted by Gasteiger charge is -2.38. The van der Waals surface area contributed by atoms with Crippen LogP contribution in [0.2, 0.25) is 0 Å². The van der Waals surface area contributed by atoms with Crippen LogP contribution in [0.25, 0.3) is 0 Å². The minimum atomic E-state index is -1.88. The third kappa shape index (κ3) is 2.42. The zero-order valence-electron chi connectivity index (χ0n) is 9.82. The maximum atomic E-state index is 11.3. The van der Waals surface area contributed by atoms with Crippen molar-refractivity contribution < 1.29 is 44.4 Å². The van der Waals surface area contributed by atoms with Gasteiger partial charge in [-0.3, -0.25) is 9.59 Å². The van der Waals surface area contributed by atoms with Gasteiger partial charge in [-0.2, -0.15) is 0 Å². The van der Waals surface area contributed by atoms with Crippen LogP contribution in [0.15, 0.2) is 12.2 Å². The molecule has 2 rings (SSSR count). The zero-order valence-corrected chi connectivity index (χ0v) is 9.82. The lowest BCUT2D eigenvalue weighted by molar-refractivity contribution is -0.337. The summed E-state index contributed by atoms with van der Waals surface area (Å²) in [5.41, 5.74) is 0. The maximum Gasteiger partial charge on any atom is 0.335 e. The van der Waals surface area contributed by atoms with Crippen molar-refractivity contribution in [1.82, 2.24) is 5.06 Å². The number of hydrogen-bond donors (Lipinski definition) is 4. The predicted molar refractivity (Wildman–Crippen MR) is 56.4 cm³/mol. The molecular weight excluding hydrogens is 278 g/mol. The second-order valence-electron chi connectivity index (χ2n) is 4.14. The fourth-order valence-electron chi connectivity index (χ4n) is 1.73. The number of aliphatic hydroxyl groups is 3. The van der Waals surface area contributed by atoms with Gasteiger partial charge in [0, 0.05) is 12.2 Å². The number of aliphatic hydroxyl groups excluding tert-OH is 3. The first-order valence-electron chi connectivity index (χ1n) is 5.48. The first-order valence-corrected chi connectivity index (χ1v) is 5.48. The van der Waals surface area contributed by atoms with Crippen molar-refractivity contribution in [2.75, 3.05) is 0 Å².